The van der Waals surface area contributed by atoms with Gasteiger partial charge in [0, 0.05) is 24.2 Å². The van der Waals surface area contributed by atoms with E-state index in [2.05, 4.69) is 12.2 Å². The van der Waals surface area contributed by atoms with Gasteiger partial charge in [0.25, 0.3) is 0 Å². The topological polar surface area (TPSA) is 34.1 Å². The molecule has 2 bridgehead atoms. The van der Waals surface area contributed by atoms with Crippen LogP contribution in [0, 0.1) is 29.6 Å². The molecule has 0 heterocycles. The highest BCUT2D eigenvalue weighted by Crippen LogP contribution is 2.52. The largest absolute Gasteiger partial charge is 0.299 e. The van der Waals surface area contributed by atoms with Crippen molar-refractivity contribution in [3.63, 3.8) is 0 Å². The minimum atomic E-state index is 0.0199. The number of hydrogen-bond donors (Lipinski definition) is 0. The van der Waals surface area contributed by atoms with E-state index in [1.807, 2.05) is 6.92 Å². The second-order valence-electron chi connectivity index (χ2n) is 5.18. The molecule has 0 amide bonds. The van der Waals surface area contributed by atoms with Crippen LogP contribution in [0.2, 0.25) is 0 Å². The number of ketones is 2. The van der Waals surface area contributed by atoms with Gasteiger partial charge >= 0.3 is 0 Å². The summed E-state index contributed by atoms with van der Waals surface area (Å²) >= 11 is 0. The van der Waals surface area contributed by atoms with E-state index in [4.69, 9.17) is 0 Å². The van der Waals surface area contributed by atoms with Crippen LogP contribution in [0.25, 0.3) is 0 Å². The lowest BCUT2D eigenvalue weighted by Crippen LogP contribution is -2.42. The highest BCUT2D eigenvalue weighted by atomic mass is 16.1. The molecule has 0 aromatic heterocycles. The monoisotopic (exact) mass is 204 g/mol. The predicted octanol–water partition coefficient (Wildman–Crippen LogP) is 1.99. The minimum absolute atomic E-state index is 0.0199. The first kappa shape index (κ1) is 9.32. The molecule has 0 aliphatic heterocycles. The average molecular weight is 204 g/mol. The van der Waals surface area contributed by atoms with Crippen molar-refractivity contribution in [1.82, 2.24) is 0 Å². The Morgan fingerprint density at radius 1 is 1.20 bits per heavy atom. The summed E-state index contributed by atoms with van der Waals surface area (Å²) in [5.74, 6) is 1.61. The van der Waals surface area contributed by atoms with E-state index in [0.717, 1.165) is 12.8 Å². The summed E-state index contributed by atoms with van der Waals surface area (Å²) in [5.41, 5.74) is 0. The van der Waals surface area contributed by atoms with Gasteiger partial charge in [-0.25, -0.2) is 0 Å². The van der Waals surface area contributed by atoms with Gasteiger partial charge in [0.2, 0.25) is 0 Å². The van der Waals surface area contributed by atoms with Crippen LogP contribution >= 0.6 is 0 Å². The van der Waals surface area contributed by atoms with Crippen molar-refractivity contribution in [2.24, 2.45) is 29.6 Å². The van der Waals surface area contributed by atoms with E-state index in [9.17, 15) is 9.59 Å². The number of hydrogen-bond acceptors (Lipinski definition) is 2. The second kappa shape index (κ2) is 3.03. The Hall–Kier alpha value is -0.920. The molecule has 80 valence electrons. The maximum atomic E-state index is 12.2. The Labute approximate surface area is 89.7 Å². The number of fused-ring (bicyclic) bond motifs is 5. The fraction of sp³-hybridized carbons (Fsp3) is 0.692. The van der Waals surface area contributed by atoms with Gasteiger partial charge in [-0.05, 0) is 24.7 Å². The predicted molar refractivity (Wildman–Crippen MR) is 56.1 cm³/mol. The molecule has 15 heavy (non-hydrogen) atoms. The standard InChI is InChI=1S/C13H16O2/c1-2-7-6-10(14)11-8-3-4-9(5-8)12(11)13(7)15/h3-4,7-9,11-12H,2,5-6H2,1H3. The summed E-state index contributed by atoms with van der Waals surface area (Å²) in [6, 6.07) is 0. The van der Waals surface area contributed by atoms with Crippen molar-refractivity contribution >= 4 is 11.6 Å². The third-order valence-electron chi connectivity index (χ3n) is 4.50. The van der Waals surface area contributed by atoms with Gasteiger partial charge < -0.3 is 0 Å². The molecule has 0 saturated heterocycles. The smallest absolute Gasteiger partial charge is 0.140 e. The molecule has 0 aromatic carbocycles. The van der Waals surface area contributed by atoms with Crippen LogP contribution in [-0.2, 0) is 9.59 Å². The Morgan fingerprint density at radius 2 is 1.87 bits per heavy atom. The van der Waals surface area contributed by atoms with Crippen LogP contribution < -0.4 is 0 Å². The number of rotatable bonds is 1. The molecule has 2 fully saturated rings. The molecule has 0 spiro atoms. The number of carbonyl (C=O) groups is 2. The first-order valence-corrected chi connectivity index (χ1v) is 5.97. The van der Waals surface area contributed by atoms with E-state index in [1.165, 1.54) is 0 Å². The van der Waals surface area contributed by atoms with Crippen molar-refractivity contribution in [2.75, 3.05) is 0 Å². The highest BCUT2D eigenvalue weighted by molar-refractivity contribution is 5.99. The molecule has 5 atom stereocenters. The van der Waals surface area contributed by atoms with Crippen molar-refractivity contribution in [2.45, 2.75) is 26.2 Å². The quantitative estimate of drug-likeness (QED) is 0.612. The van der Waals surface area contributed by atoms with Crippen LogP contribution in [0.3, 0.4) is 0 Å². The summed E-state index contributed by atoms with van der Waals surface area (Å²) < 4.78 is 0. The zero-order valence-corrected chi connectivity index (χ0v) is 8.98. The number of Topliss-reactive ketones (excluding diaryl/α,β-unsaturated/α-hetero) is 2. The lowest BCUT2D eigenvalue weighted by molar-refractivity contribution is -0.142. The zero-order chi connectivity index (χ0) is 10.6. The normalized spacial score (nSPS) is 47.4. The third-order valence-corrected chi connectivity index (χ3v) is 4.50. The fourth-order valence-corrected chi connectivity index (χ4v) is 3.75. The molecular weight excluding hydrogens is 188 g/mol. The van der Waals surface area contributed by atoms with Crippen molar-refractivity contribution < 1.29 is 9.59 Å². The fourth-order valence-electron chi connectivity index (χ4n) is 3.75. The number of carbonyl (C=O) groups excluding carboxylic acids is 2. The van der Waals surface area contributed by atoms with Crippen molar-refractivity contribution in [3.8, 4) is 0 Å². The highest BCUT2D eigenvalue weighted by Gasteiger charge is 2.54. The molecule has 0 aromatic rings. The summed E-state index contributed by atoms with van der Waals surface area (Å²) in [6.07, 6.45) is 6.70. The molecule has 3 aliphatic rings. The molecular formula is C13H16O2. The molecule has 3 rings (SSSR count). The second-order valence-corrected chi connectivity index (χ2v) is 5.18. The van der Waals surface area contributed by atoms with Gasteiger partial charge in [0.1, 0.15) is 11.6 Å². The van der Waals surface area contributed by atoms with E-state index in [0.29, 0.717) is 29.8 Å². The molecule has 0 radical (unpaired) electrons. The molecule has 2 heteroatoms. The van der Waals surface area contributed by atoms with Crippen LogP contribution in [0.15, 0.2) is 12.2 Å². The Bertz CT molecular complexity index is 356. The lowest BCUT2D eigenvalue weighted by atomic mass is 9.67. The van der Waals surface area contributed by atoms with Crippen LogP contribution in [0.4, 0.5) is 0 Å². The summed E-state index contributed by atoms with van der Waals surface area (Å²) in [6.45, 7) is 2.01. The first-order valence-electron chi connectivity index (χ1n) is 5.97. The molecule has 0 N–H and O–H groups in total. The number of allylic oxidation sites excluding steroid dienone is 2. The molecule has 5 unspecified atom stereocenters. The first-order chi connectivity index (χ1) is 7.22. The zero-order valence-electron chi connectivity index (χ0n) is 8.98. The van der Waals surface area contributed by atoms with E-state index >= 15 is 0 Å². The van der Waals surface area contributed by atoms with Crippen LogP contribution in [0.1, 0.15) is 26.2 Å². The Morgan fingerprint density at radius 3 is 2.53 bits per heavy atom. The van der Waals surface area contributed by atoms with Gasteiger partial charge in [0.15, 0.2) is 0 Å². The van der Waals surface area contributed by atoms with Crippen molar-refractivity contribution in [3.05, 3.63) is 12.2 Å². The van der Waals surface area contributed by atoms with Gasteiger partial charge in [-0.15, -0.1) is 0 Å². The van der Waals surface area contributed by atoms with E-state index in [-0.39, 0.29) is 17.8 Å². The van der Waals surface area contributed by atoms with Gasteiger partial charge in [0.05, 0.1) is 0 Å². The van der Waals surface area contributed by atoms with Gasteiger partial charge in [-0.2, -0.15) is 0 Å². The summed E-state index contributed by atoms with van der Waals surface area (Å²) in [5, 5.41) is 0. The molecule has 3 aliphatic carbocycles. The van der Waals surface area contributed by atoms with Gasteiger partial charge in [-0.3, -0.25) is 9.59 Å². The maximum absolute atomic E-state index is 12.2. The Kier molecular flexibility index (Phi) is 1.88. The maximum Gasteiger partial charge on any atom is 0.140 e. The van der Waals surface area contributed by atoms with E-state index < -0.39 is 0 Å². The summed E-state index contributed by atoms with van der Waals surface area (Å²) in [7, 11) is 0. The van der Waals surface area contributed by atoms with Crippen LogP contribution in [0.5, 0.6) is 0 Å². The summed E-state index contributed by atoms with van der Waals surface area (Å²) in [4.78, 5) is 24.2. The Balaban J connectivity index is 1.97. The molecule has 2 saturated carbocycles. The van der Waals surface area contributed by atoms with Gasteiger partial charge in [-0.1, -0.05) is 19.1 Å². The van der Waals surface area contributed by atoms with Crippen molar-refractivity contribution in [1.29, 1.82) is 0 Å². The average Bonchev–Trinajstić information content (AvgIpc) is 2.83. The molecule has 2 nitrogen and oxygen atoms in total. The lowest BCUT2D eigenvalue weighted by Gasteiger charge is -2.34. The minimum Gasteiger partial charge on any atom is -0.299 e. The third kappa shape index (κ3) is 1.11. The van der Waals surface area contributed by atoms with Crippen LogP contribution in [-0.4, -0.2) is 11.6 Å². The SMILES string of the molecule is CCC1CC(=O)C2C3C=CC(C3)C2C1=O. The van der Waals surface area contributed by atoms with E-state index in [1.54, 1.807) is 0 Å².